The first-order valence-corrected chi connectivity index (χ1v) is 9.85. The van der Waals surface area contributed by atoms with Crippen LogP contribution in [0.5, 0.6) is 17.2 Å². The highest BCUT2D eigenvalue weighted by atomic mass is 32.2. The first kappa shape index (κ1) is 15.0. The average molecular weight is 337 g/mol. The maximum absolute atomic E-state index is 5.83. The summed E-state index contributed by atoms with van der Waals surface area (Å²) in [6.07, 6.45) is 1.89. The van der Waals surface area contributed by atoms with Crippen molar-refractivity contribution >= 4 is 35.6 Å². The van der Waals surface area contributed by atoms with Gasteiger partial charge < -0.3 is 8.92 Å². The second-order valence-corrected chi connectivity index (χ2v) is 7.49. The minimum Gasteiger partial charge on any atom is -0.457 e. The molecule has 1 aliphatic heterocycles. The molecule has 1 unspecified atom stereocenters. The fourth-order valence-corrected chi connectivity index (χ4v) is 3.87. The Morgan fingerprint density at radius 3 is 2.14 bits per heavy atom. The summed E-state index contributed by atoms with van der Waals surface area (Å²) in [4.78, 5) is 1.30. The lowest BCUT2D eigenvalue weighted by Gasteiger charge is -2.07. The van der Waals surface area contributed by atoms with Crippen molar-refractivity contribution in [2.75, 3.05) is 17.8 Å². The normalized spacial score (nSPS) is 16.5. The Morgan fingerprint density at radius 2 is 1.57 bits per heavy atom. The number of hydrogen-bond acceptors (Lipinski definition) is 5. The van der Waals surface area contributed by atoms with Gasteiger partial charge in [-0.1, -0.05) is 0 Å². The Bertz CT molecular complexity index is 565. The molecule has 0 aliphatic carbocycles. The number of ether oxygens (including phenoxy) is 1. The lowest BCUT2D eigenvalue weighted by atomic mass is 10.3. The van der Waals surface area contributed by atoms with Gasteiger partial charge in [0, 0.05) is 27.9 Å². The van der Waals surface area contributed by atoms with Crippen LogP contribution in [0.2, 0.25) is 0 Å². The summed E-state index contributed by atoms with van der Waals surface area (Å²) in [6.45, 7) is 0. The third-order valence-corrected chi connectivity index (χ3v) is 5.62. The van der Waals surface area contributed by atoms with Gasteiger partial charge in [0.05, 0.1) is 12.0 Å². The number of hydrogen-bond donors (Lipinski definition) is 0. The highest BCUT2D eigenvalue weighted by molar-refractivity contribution is 8.08. The molecule has 0 N–H and O–H groups in total. The van der Waals surface area contributed by atoms with Crippen LogP contribution in [0.4, 0.5) is 0 Å². The molecule has 5 heteroatoms. The van der Waals surface area contributed by atoms with E-state index < -0.39 is 0 Å². The summed E-state index contributed by atoms with van der Waals surface area (Å²) in [5.74, 6) is 5.04. The molecule has 3 rings (SSSR count). The van der Waals surface area contributed by atoms with E-state index in [0.29, 0.717) is 0 Å². The van der Waals surface area contributed by atoms with Crippen LogP contribution in [0.25, 0.3) is 0 Å². The number of benzene rings is 2. The zero-order chi connectivity index (χ0) is 14.5. The lowest BCUT2D eigenvalue weighted by Crippen LogP contribution is -1.87. The fraction of sp³-hybridized carbons (Fsp3) is 0.250. The highest BCUT2D eigenvalue weighted by Gasteiger charge is 2.21. The van der Waals surface area contributed by atoms with Crippen LogP contribution in [0.15, 0.2) is 53.4 Å². The van der Waals surface area contributed by atoms with E-state index in [2.05, 4.69) is 12.1 Å². The molecule has 0 radical (unpaired) electrons. The summed E-state index contributed by atoms with van der Waals surface area (Å²) in [6, 6.07) is 15.9. The molecule has 0 amide bonds. The molecule has 2 nitrogen and oxygen atoms in total. The van der Waals surface area contributed by atoms with Gasteiger partial charge in [-0.05, 0) is 48.5 Å². The molecule has 0 bridgehead atoms. The van der Waals surface area contributed by atoms with Gasteiger partial charge in [0.1, 0.15) is 17.2 Å². The fourth-order valence-electron chi connectivity index (χ4n) is 1.75. The van der Waals surface area contributed by atoms with Crippen molar-refractivity contribution in [1.82, 2.24) is 0 Å². The van der Waals surface area contributed by atoms with Gasteiger partial charge >= 0.3 is 0 Å². The Morgan fingerprint density at radius 1 is 1.00 bits per heavy atom. The van der Waals surface area contributed by atoms with E-state index in [1.807, 2.05) is 66.2 Å². The second-order valence-electron chi connectivity index (χ2n) is 4.56. The van der Waals surface area contributed by atoms with Gasteiger partial charge in [-0.15, -0.1) is 11.8 Å². The molecule has 1 aliphatic rings. The summed E-state index contributed by atoms with van der Waals surface area (Å²) in [7, 11) is 0. The van der Waals surface area contributed by atoms with Crippen LogP contribution in [-0.2, 0) is 0 Å². The summed E-state index contributed by atoms with van der Waals surface area (Å²) in [5, 5.41) is 0.868. The molecule has 0 saturated carbocycles. The van der Waals surface area contributed by atoms with E-state index in [0.717, 1.165) is 22.5 Å². The molecule has 2 aromatic rings. The first-order valence-electron chi connectivity index (χ1n) is 6.66. The first-order chi connectivity index (χ1) is 10.3. The number of thioether (sulfide) groups is 2. The molecule has 1 heterocycles. The van der Waals surface area contributed by atoms with Crippen molar-refractivity contribution in [2.45, 2.75) is 10.1 Å². The van der Waals surface area contributed by atoms with Crippen molar-refractivity contribution in [2.24, 2.45) is 0 Å². The van der Waals surface area contributed by atoms with Crippen molar-refractivity contribution in [3.63, 3.8) is 0 Å². The van der Waals surface area contributed by atoms with Gasteiger partial charge in [0.15, 0.2) is 0 Å². The van der Waals surface area contributed by atoms with E-state index >= 15 is 0 Å². The van der Waals surface area contributed by atoms with E-state index in [1.54, 1.807) is 0 Å². The molecular weight excluding hydrogens is 320 g/mol. The summed E-state index contributed by atoms with van der Waals surface area (Å²) >= 11 is 5.29. The van der Waals surface area contributed by atoms with Gasteiger partial charge in [0.25, 0.3) is 0 Å². The monoisotopic (exact) mass is 336 g/mol. The predicted octanol–water partition coefficient (Wildman–Crippen LogP) is 5.34. The van der Waals surface area contributed by atoms with Gasteiger partial charge in [-0.2, -0.15) is 11.8 Å². The SMILES string of the molecule is CSOc1ccc(Oc2ccc(SCC3CS3)cc2)cc1. The van der Waals surface area contributed by atoms with Crippen LogP contribution >= 0.6 is 35.6 Å². The van der Waals surface area contributed by atoms with E-state index in [1.165, 1.54) is 28.4 Å². The minimum absolute atomic E-state index is 0.818. The molecule has 2 aromatic carbocycles. The van der Waals surface area contributed by atoms with Crippen molar-refractivity contribution in [1.29, 1.82) is 0 Å². The molecule has 1 fully saturated rings. The molecule has 0 spiro atoms. The van der Waals surface area contributed by atoms with Crippen LogP contribution in [0.1, 0.15) is 0 Å². The summed E-state index contributed by atoms with van der Waals surface area (Å²) in [5.41, 5.74) is 0. The van der Waals surface area contributed by atoms with Crippen molar-refractivity contribution in [3.05, 3.63) is 48.5 Å². The third kappa shape index (κ3) is 4.80. The lowest BCUT2D eigenvalue weighted by molar-refractivity contribution is 0.481. The van der Waals surface area contributed by atoms with Crippen LogP contribution < -0.4 is 8.92 Å². The van der Waals surface area contributed by atoms with E-state index in [9.17, 15) is 0 Å². The molecule has 0 aromatic heterocycles. The zero-order valence-corrected chi connectivity index (χ0v) is 14.1. The molecular formula is C16H16O2S3. The average Bonchev–Trinajstić information content (AvgIpc) is 3.33. The Labute approximate surface area is 138 Å². The molecule has 110 valence electrons. The van der Waals surface area contributed by atoms with Crippen molar-refractivity contribution in [3.8, 4) is 17.2 Å². The highest BCUT2D eigenvalue weighted by Crippen LogP contribution is 2.35. The Balaban J connectivity index is 1.56. The topological polar surface area (TPSA) is 18.5 Å². The molecule has 21 heavy (non-hydrogen) atoms. The van der Waals surface area contributed by atoms with Gasteiger partial charge in [-0.25, -0.2) is 0 Å². The second kappa shape index (κ2) is 7.38. The zero-order valence-electron chi connectivity index (χ0n) is 11.7. The predicted molar refractivity (Wildman–Crippen MR) is 94.1 cm³/mol. The Hall–Kier alpha value is -0.910. The van der Waals surface area contributed by atoms with Crippen LogP contribution in [-0.4, -0.2) is 23.0 Å². The maximum Gasteiger partial charge on any atom is 0.137 e. The maximum atomic E-state index is 5.83. The minimum atomic E-state index is 0.818. The summed E-state index contributed by atoms with van der Waals surface area (Å²) < 4.78 is 11.2. The van der Waals surface area contributed by atoms with Gasteiger partial charge in [-0.3, -0.25) is 0 Å². The molecule has 1 atom stereocenters. The van der Waals surface area contributed by atoms with E-state index in [4.69, 9.17) is 8.92 Å². The van der Waals surface area contributed by atoms with Crippen LogP contribution in [0, 0.1) is 0 Å². The quantitative estimate of drug-likeness (QED) is 0.384. The standard InChI is InChI=1S/C16H16O2S3/c1-19-18-14-4-2-12(3-5-14)17-13-6-8-15(9-7-13)20-10-16-11-21-16/h2-9,16H,10-11H2,1H3. The Kier molecular flexibility index (Phi) is 5.27. The molecule has 1 saturated heterocycles. The van der Waals surface area contributed by atoms with E-state index in [-0.39, 0.29) is 0 Å². The third-order valence-electron chi connectivity index (χ3n) is 2.90. The van der Waals surface area contributed by atoms with Crippen molar-refractivity contribution < 1.29 is 8.92 Å². The largest absolute Gasteiger partial charge is 0.457 e. The van der Waals surface area contributed by atoms with Gasteiger partial charge in [0.2, 0.25) is 0 Å². The number of rotatable bonds is 7. The smallest absolute Gasteiger partial charge is 0.137 e. The van der Waals surface area contributed by atoms with Crippen LogP contribution in [0.3, 0.4) is 0 Å².